The third-order valence-corrected chi connectivity index (χ3v) is 2.69. The van der Waals surface area contributed by atoms with Crippen molar-refractivity contribution in [2.75, 3.05) is 6.54 Å². The maximum Gasteiger partial charge on any atom is 0.331 e. The lowest BCUT2D eigenvalue weighted by Gasteiger charge is -2.24. The predicted octanol–water partition coefficient (Wildman–Crippen LogP) is -0.796. The quantitative estimate of drug-likeness (QED) is 0.319. The number of rotatable bonds is 8. The molecule has 0 saturated carbocycles. The zero-order valence-electron chi connectivity index (χ0n) is 9.61. The van der Waals surface area contributed by atoms with E-state index in [9.17, 15) is 9.59 Å². The molecule has 7 N–H and O–H groups in total. The van der Waals surface area contributed by atoms with Gasteiger partial charge < -0.3 is 22.3 Å². The Bertz CT molecular complexity index is 258. The van der Waals surface area contributed by atoms with Crippen LogP contribution in [-0.2, 0) is 9.59 Å². The SMILES string of the molecule is CCC(N)(C(=O)O)C(=O)[C@@H](N)CCCCN. The molecule has 0 aliphatic carbocycles. The molecule has 0 aromatic heterocycles. The largest absolute Gasteiger partial charge is 0.480 e. The van der Waals surface area contributed by atoms with Gasteiger partial charge >= 0.3 is 5.97 Å². The first-order valence-corrected chi connectivity index (χ1v) is 5.42. The number of carbonyl (C=O) groups excluding carboxylic acids is 1. The zero-order chi connectivity index (χ0) is 12.8. The first-order valence-electron chi connectivity index (χ1n) is 5.42. The van der Waals surface area contributed by atoms with Crippen molar-refractivity contribution in [3.05, 3.63) is 0 Å². The van der Waals surface area contributed by atoms with Crippen LogP contribution >= 0.6 is 0 Å². The molecule has 0 fully saturated rings. The van der Waals surface area contributed by atoms with Crippen LogP contribution < -0.4 is 17.2 Å². The topological polar surface area (TPSA) is 132 Å². The molecule has 0 rings (SSSR count). The van der Waals surface area contributed by atoms with Crippen LogP contribution in [0.4, 0.5) is 0 Å². The van der Waals surface area contributed by atoms with Gasteiger partial charge in [-0.3, -0.25) is 4.79 Å². The Morgan fingerprint density at radius 3 is 2.31 bits per heavy atom. The van der Waals surface area contributed by atoms with Gasteiger partial charge in [0, 0.05) is 0 Å². The summed E-state index contributed by atoms with van der Waals surface area (Å²) < 4.78 is 0. The summed E-state index contributed by atoms with van der Waals surface area (Å²) in [6.45, 7) is 2.08. The fraction of sp³-hybridized carbons (Fsp3) is 0.800. The number of hydrogen-bond acceptors (Lipinski definition) is 5. The third kappa shape index (κ3) is 3.55. The Morgan fingerprint density at radius 2 is 1.94 bits per heavy atom. The van der Waals surface area contributed by atoms with Crippen molar-refractivity contribution in [1.29, 1.82) is 0 Å². The minimum absolute atomic E-state index is 0.0335. The van der Waals surface area contributed by atoms with E-state index < -0.39 is 23.3 Å². The highest BCUT2D eigenvalue weighted by Crippen LogP contribution is 2.13. The monoisotopic (exact) mass is 231 g/mol. The van der Waals surface area contributed by atoms with Crippen LogP contribution in [0.5, 0.6) is 0 Å². The summed E-state index contributed by atoms with van der Waals surface area (Å²) in [5.74, 6) is -1.94. The van der Waals surface area contributed by atoms with Crippen LogP contribution in [0.2, 0.25) is 0 Å². The lowest BCUT2D eigenvalue weighted by atomic mass is 9.86. The molecule has 0 aliphatic rings. The number of Topliss-reactive ketones (excluding diaryl/α,β-unsaturated/α-hetero) is 1. The predicted molar refractivity (Wildman–Crippen MR) is 60.7 cm³/mol. The fourth-order valence-electron chi connectivity index (χ4n) is 1.40. The highest BCUT2D eigenvalue weighted by molar-refractivity contribution is 6.09. The van der Waals surface area contributed by atoms with E-state index in [1.807, 2.05) is 0 Å². The second-order valence-corrected chi connectivity index (χ2v) is 3.89. The van der Waals surface area contributed by atoms with Crippen molar-refractivity contribution < 1.29 is 14.7 Å². The number of aliphatic carboxylic acids is 1. The van der Waals surface area contributed by atoms with Gasteiger partial charge in [-0.15, -0.1) is 0 Å². The van der Waals surface area contributed by atoms with Crippen molar-refractivity contribution in [2.45, 2.75) is 44.2 Å². The summed E-state index contributed by atoms with van der Waals surface area (Å²) in [6.07, 6.45) is 1.91. The molecule has 0 aromatic rings. The van der Waals surface area contributed by atoms with E-state index in [2.05, 4.69) is 0 Å². The molecule has 0 aromatic carbocycles. The van der Waals surface area contributed by atoms with E-state index >= 15 is 0 Å². The van der Waals surface area contributed by atoms with Gasteiger partial charge in [-0.25, -0.2) is 4.79 Å². The maximum atomic E-state index is 11.8. The summed E-state index contributed by atoms with van der Waals surface area (Å²) in [4.78, 5) is 22.7. The summed E-state index contributed by atoms with van der Waals surface area (Å²) in [5.41, 5.74) is 14.6. The summed E-state index contributed by atoms with van der Waals surface area (Å²) in [7, 11) is 0. The summed E-state index contributed by atoms with van der Waals surface area (Å²) in [5, 5.41) is 8.90. The molecule has 6 heteroatoms. The molecular weight excluding hydrogens is 210 g/mol. The van der Waals surface area contributed by atoms with Gasteiger partial charge in [-0.05, 0) is 25.8 Å². The van der Waals surface area contributed by atoms with E-state index in [0.717, 1.165) is 6.42 Å². The second-order valence-electron chi connectivity index (χ2n) is 3.89. The minimum Gasteiger partial charge on any atom is -0.480 e. The van der Waals surface area contributed by atoms with Crippen molar-refractivity contribution in [3.63, 3.8) is 0 Å². The Kier molecular flexibility index (Phi) is 6.17. The van der Waals surface area contributed by atoms with Gasteiger partial charge in [0.2, 0.25) is 0 Å². The molecule has 1 unspecified atom stereocenters. The number of carboxylic acids is 1. The van der Waals surface area contributed by atoms with E-state index in [1.165, 1.54) is 0 Å². The van der Waals surface area contributed by atoms with Crippen LogP contribution in [0.1, 0.15) is 32.6 Å². The standard InChI is InChI=1S/C10H21N3O3/c1-2-10(13,9(15)16)8(14)7(12)5-3-4-6-11/h7H,2-6,11-13H2,1H3,(H,15,16)/t7-,10?/m0/s1. The highest BCUT2D eigenvalue weighted by Gasteiger charge is 2.42. The maximum absolute atomic E-state index is 11.8. The molecule has 0 saturated heterocycles. The van der Waals surface area contributed by atoms with E-state index in [-0.39, 0.29) is 6.42 Å². The lowest BCUT2D eigenvalue weighted by molar-refractivity contribution is -0.149. The van der Waals surface area contributed by atoms with Crippen LogP contribution in [0.25, 0.3) is 0 Å². The zero-order valence-corrected chi connectivity index (χ0v) is 9.61. The summed E-state index contributed by atoms with van der Waals surface area (Å²) in [6, 6.07) is -0.826. The molecule has 0 radical (unpaired) electrons. The van der Waals surface area contributed by atoms with Gasteiger partial charge in [-0.1, -0.05) is 13.3 Å². The molecule has 0 aliphatic heterocycles. The lowest BCUT2D eigenvalue weighted by Crippen LogP contribution is -2.59. The van der Waals surface area contributed by atoms with Crippen molar-refractivity contribution >= 4 is 11.8 Å². The highest BCUT2D eigenvalue weighted by atomic mass is 16.4. The Labute approximate surface area is 95.2 Å². The van der Waals surface area contributed by atoms with Crippen molar-refractivity contribution in [1.82, 2.24) is 0 Å². The number of carboxylic acid groups (broad SMARTS) is 1. The fourth-order valence-corrected chi connectivity index (χ4v) is 1.40. The van der Waals surface area contributed by atoms with Crippen LogP contribution in [0.15, 0.2) is 0 Å². The molecule has 0 spiro atoms. The van der Waals surface area contributed by atoms with Gasteiger partial charge in [-0.2, -0.15) is 0 Å². The molecule has 94 valence electrons. The first kappa shape index (κ1) is 15.0. The van der Waals surface area contributed by atoms with Gasteiger partial charge in [0.25, 0.3) is 0 Å². The summed E-state index contributed by atoms with van der Waals surface area (Å²) >= 11 is 0. The Balaban J connectivity index is 4.45. The van der Waals surface area contributed by atoms with E-state index in [0.29, 0.717) is 19.4 Å². The number of hydrogen-bond donors (Lipinski definition) is 4. The third-order valence-electron chi connectivity index (χ3n) is 2.69. The van der Waals surface area contributed by atoms with Crippen molar-refractivity contribution in [3.8, 4) is 0 Å². The average molecular weight is 231 g/mol. The van der Waals surface area contributed by atoms with Gasteiger partial charge in [0.1, 0.15) is 0 Å². The molecule has 6 nitrogen and oxygen atoms in total. The van der Waals surface area contributed by atoms with Crippen LogP contribution in [0.3, 0.4) is 0 Å². The number of carbonyl (C=O) groups is 2. The first-order chi connectivity index (χ1) is 7.40. The number of ketones is 1. The van der Waals surface area contributed by atoms with E-state index in [4.69, 9.17) is 22.3 Å². The Morgan fingerprint density at radius 1 is 1.38 bits per heavy atom. The molecular formula is C10H21N3O3. The number of unbranched alkanes of at least 4 members (excludes halogenated alkanes) is 1. The van der Waals surface area contributed by atoms with Crippen molar-refractivity contribution in [2.24, 2.45) is 17.2 Å². The van der Waals surface area contributed by atoms with Gasteiger partial charge in [0.05, 0.1) is 6.04 Å². The molecule has 16 heavy (non-hydrogen) atoms. The number of nitrogens with two attached hydrogens (primary N) is 3. The molecule has 2 atom stereocenters. The molecule has 0 bridgehead atoms. The minimum atomic E-state index is -1.86. The Hall–Kier alpha value is -0.980. The van der Waals surface area contributed by atoms with Gasteiger partial charge in [0.15, 0.2) is 11.3 Å². The second kappa shape index (κ2) is 6.57. The van der Waals surface area contributed by atoms with Crippen LogP contribution in [0, 0.1) is 0 Å². The molecule has 0 heterocycles. The molecule has 0 amide bonds. The van der Waals surface area contributed by atoms with Crippen LogP contribution in [-0.4, -0.2) is 35.0 Å². The normalized spacial score (nSPS) is 16.5. The average Bonchev–Trinajstić information content (AvgIpc) is 2.26. The smallest absolute Gasteiger partial charge is 0.331 e. The van der Waals surface area contributed by atoms with E-state index in [1.54, 1.807) is 6.92 Å².